The van der Waals surface area contributed by atoms with E-state index in [-0.39, 0.29) is 6.04 Å². The van der Waals surface area contributed by atoms with Crippen molar-refractivity contribution in [2.24, 2.45) is 0 Å². The minimum Gasteiger partial charge on any atom is -0.311 e. The molecule has 0 aliphatic heterocycles. The summed E-state index contributed by atoms with van der Waals surface area (Å²) >= 11 is 0. The van der Waals surface area contributed by atoms with Crippen LogP contribution in [0.3, 0.4) is 0 Å². The van der Waals surface area contributed by atoms with Gasteiger partial charge in [0, 0.05) is 12.1 Å². The molecule has 0 aliphatic carbocycles. The van der Waals surface area contributed by atoms with Crippen LogP contribution in [0.2, 0.25) is 0 Å². The molecular weight excluding hydrogens is 263 g/mol. The molecule has 114 valence electrons. The molecule has 1 N–H and O–H groups in total. The zero-order chi connectivity index (χ0) is 15.2. The Morgan fingerprint density at radius 1 is 1.20 bits per heavy atom. The van der Waals surface area contributed by atoms with Crippen molar-refractivity contribution >= 4 is 0 Å². The van der Waals surface area contributed by atoms with Gasteiger partial charge in [-0.3, -0.25) is 0 Å². The lowest BCUT2D eigenvalue weighted by Crippen LogP contribution is -2.36. The Bertz CT molecular complexity index is 399. The largest absolute Gasteiger partial charge is 0.416 e. The number of nitrogens with one attached hydrogen (secondary N) is 1. The lowest BCUT2D eigenvalue weighted by atomic mass is 9.99. The Morgan fingerprint density at radius 3 is 2.45 bits per heavy atom. The zero-order valence-corrected chi connectivity index (χ0v) is 12.4. The number of hydrogen-bond acceptors (Lipinski definition) is 1. The number of hydrogen-bond donors (Lipinski definition) is 1. The third kappa shape index (κ3) is 5.95. The second kappa shape index (κ2) is 7.67. The second-order valence-corrected chi connectivity index (χ2v) is 5.56. The Labute approximate surface area is 119 Å². The minimum atomic E-state index is -4.26. The summed E-state index contributed by atoms with van der Waals surface area (Å²) < 4.78 is 38.1. The summed E-state index contributed by atoms with van der Waals surface area (Å²) in [5.41, 5.74) is 0.183. The first-order valence-corrected chi connectivity index (χ1v) is 7.25. The van der Waals surface area contributed by atoms with Gasteiger partial charge in [0.1, 0.15) is 0 Å². The van der Waals surface area contributed by atoms with Gasteiger partial charge in [-0.25, -0.2) is 0 Å². The molecule has 1 nitrogen and oxygen atoms in total. The molecule has 1 aromatic carbocycles. The number of benzene rings is 1. The Kier molecular flexibility index (Phi) is 6.53. The highest BCUT2D eigenvalue weighted by Gasteiger charge is 2.30. The molecule has 0 radical (unpaired) electrons. The fraction of sp³-hybridized carbons (Fsp3) is 0.625. The predicted molar refractivity (Wildman–Crippen MR) is 76.7 cm³/mol. The first-order chi connectivity index (χ1) is 9.32. The third-order valence-electron chi connectivity index (χ3n) is 3.21. The van der Waals surface area contributed by atoms with Gasteiger partial charge < -0.3 is 5.32 Å². The van der Waals surface area contributed by atoms with Gasteiger partial charge in [-0.2, -0.15) is 13.2 Å². The number of unbranched alkanes of at least 4 members (excludes halogenated alkanes) is 1. The van der Waals surface area contributed by atoms with E-state index in [4.69, 9.17) is 0 Å². The summed E-state index contributed by atoms with van der Waals surface area (Å²) in [5, 5.41) is 3.44. The maximum atomic E-state index is 12.7. The lowest BCUT2D eigenvalue weighted by molar-refractivity contribution is -0.137. The average molecular weight is 287 g/mol. The van der Waals surface area contributed by atoms with Crippen molar-refractivity contribution in [1.82, 2.24) is 5.32 Å². The van der Waals surface area contributed by atoms with Gasteiger partial charge in [0.15, 0.2) is 0 Å². The Balaban J connectivity index is 2.77. The monoisotopic (exact) mass is 287 g/mol. The molecule has 1 unspecified atom stereocenters. The topological polar surface area (TPSA) is 12.0 Å². The third-order valence-corrected chi connectivity index (χ3v) is 3.21. The van der Waals surface area contributed by atoms with Crippen LogP contribution >= 0.6 is 0 Å². The molecule has 0 amide bonds. The van der Waals surface area contributed by atoms with Crippen molar-refractivity contribution < 1.29 is 13.2 Å². The summed E-state index contributed by atoms with van der Waals surface area (Å²) in [6.45, 7) is 6.24. The molecule has 0 spiro atoms. The van der Waals surface area contributed by atoms with E-state index in [2.05, 4.69) is 26.1 Å². The maximum Gasteiger partial charge on any atom is 0.416 e. The smallest absolute Gasteiger partial charge is 0.311 e. The summed E-state index contributed by atoms with van der Waals surface area (Å²) in [4.78, 5) is 0. The molecule has 0 saturated heterocycles. The standard InChI is InChI=1S/C16H24F3N/c1-4-5-9-15(20-12(2)3)11-13-7-6-8-14(10-13)16(17,18)19/h6-8,10,12,15,20H,4-5,9,11H2,1-3H3. The quantitative estimate of drug-likeness (QED) is 0.759. The molecule has 4 heteroatoms. The highest BCUT2D eigenvalue weighted by Crippen LogP contribution is 2.29. The SMILES string of the molecule is CCCCC(Cc1cccc(C(F)(F)F)c1)NC(C)C. The Hall–Kier alpha value is -1.03. The van der Waals surface area contributed by atoms with Crippen LogP contribution in [0.1, 0.15) is 51.2 Å². The van der Waals surface area contributed by atoms with Crippen LogP contribution < -0.4 is 5.32 Å². The second-order valence-electron chi connectivity index (χ2n) is 5.56. The molecule has 0 fully saturated rings. The van der Waals surface area contributed by atoms with Crippen molar-refractivity contribution in [2.45, 2.75) is 64.7 Å². The first-order valence-electron chi connectivity index (χ1n) is 7.25. The zero-order valence-electron chi connectivity index (χ0n) is 12.4. The molecule has 1 atom stereocenters. The fourth-order valence-electron chi connectivity index (χ4n) is 2.33. The van der Waals surface area contributed by atoms with Crippen LogP contribution in [-0.4, -0.2) is 12.1 Å². The van der Waals surface area contributed by atoms with E-state index >= 15 is 0 Å². The number of halogens is 3. The van der Waals surface area contributed by atoms with Crippen molar-refractivity contribution in [3.63, 3.8) is 0 Å². The van der Waals surface area contributed by atoms with Crippen molar-refractivity contribution in [3.8, 4) is 0 Å². The van der Waals surface area contributed by atoms with Gasteiger partial charge in [0.2, 0.25) is 0 Å². The van der Waals surface area contributed by atoms with Crippen LogP contribution in [0, 0.1) is 0 Å². The van der Waals surface area contributed by atoms with Gasteiger partial charge in [-0.15, -0.1) is 0 Å². The van der Waals surface area contributed by atoms with Gasteiger partial charge in [0.25, 0.3) is 0 Å². The fourth-order valence-corrected chi connectivity index (χ4v) is 2.33. The molecule has 0 heterocycles. The molecule has 0 bridgehead atoms. The van der Waals surface area contributed by atoms with Crippen LogP contribution in [0.4, 0.5) is 13.2 Å². The van der Waals surface area contributed by atoms with Gasteiger partial charge in [0.05, 0.1) is 5.56 Å². The highest BCUT2D eigenvalue weighted by atomic mass is 19.4. The van der Waals surface area contributed by atoms with Gasteiger partial charge >= 0.3 is 6.18 Å². The van der Waals surface area contributed by atoms with Gasteiger partial charge in [-0.05, 0) is 24.5 Å². The first kappa shape index (κ1) is 17.0. The van der Waals surface area contributed by atoms with E-state index in [9.17, 15) is 13.2 Å². The molecule has 1 aromatic rings. The molecule has 1 rings (SSSR count). The maximum absolute atomic E-state index is 12.7. The molecular formula is C16H24F3N. The normalized spacial score (nSPS) is 13.8. The summed E-state index contributed by atoms with van der Waals surface area (Å²) in [7, 11) is 0. The molecule has 0 aromatic heterocycles. The van der Waals surface area contributed by atoms with E-state index in [1.54, 1.807) is 6.07 Å². The van der Waals surface area contributed by atoms with E-state index in [1.165, 1.54) is 12.1 Å². The van der Waals surface area contributed by atoms with E-state index in [0.717, 1.165) is 30.9 Å². The van der Waals surface area contributed by atoms with Gasteiger partial charge in [-0.1, -0.05) is 51.8 Å². The number of alkyl halides is 3. The minimum absolute atomic E-state index is 0.235. The van der Waals surface area contributed by atoms with E-state index < -0.39 is 11.7 Å². The van der Waals surface area contributed by atoms with Crippen molar-refractivity contribution in [2.75, 3.05) is 0 Å². The molecule has 20 heavy (non-hydrogen) atoms. The van der Waals surface area contributed by atoms with Crippen LogP contribution in [-0.2, 0) is 12.6 Å². The highest BCUT2D eigenvalue weighted by molar-refractivity contribution is 5.26. The summed E-state index contributed by atoms with van der Waals surface area (Å²) in [6.07, 6.45) is -0.449. The van der Waals surface area contributed by atoms with E-state index in [1.807, 2.05) is 0 Å². The van der Waals surface area contributed by atoms with Crippen LogP contribution in [0.5, 0.6) is 0 Å². The van der Waals surface area contributed by atoms with Crippen LogP contribution in [0.25, 0.3) is 0 Å². The lowest BCUT2D eigenvalue weighted by Gasteiger charge is -2.21. The number of rotatable bonds is 7. The summed E-state index contributed by atoms with van der Waals surface area (Å²) in [5.74, 6) is 0. The molecule has 0 aliphatic rings. The van der Waals surface area contributed by atoms with Crippen molar-refractivity contribution in [1.29, 1.82) is 0 Å². The predicted octanol–water partition coefficient (Wildman–Crippen LogP) is 4.80. The van der Waals surface area contributed by atoms with Crippen LogP contribution in [0.15, 0.2) is 24.3 Å². The Morgan fingerprint density at radius 2 is 1.90 bits per heavy atom. The average Bonchev–Trinajstić information content (AvgIpc) is 2.34. The van der Waals surface area contributed by atoms with Crippen molar-refractivity contribution in [3.05, 3.63) is 35.4 Å². The summed E-state index contributed by atoms with van der Waals surface area (Å²) in [6, 6.07) is 6.23. The van der Waals surface area contributed by atoms with E-state index in [0.29, 0.717) is 12.5 Å². The molecule has 0 saturated carbocycles.